The lowest BCUT2D eigenvalue weighted by Crippen LogP contribution is -2.45. The van der Waals surface area contributed by atoms with Crippen LogP contribution in [0.1, 0.15) is 5.69 Å². The van der Waals surface area contributed by atoms with Crippen LogP contribution in [0.5, 0.6) is 0 Å². The number of amides is 2. The normalized spacial score (nSPS) is 17.2. The highest BCUT2D eigenvalue weighted by molar-refractivity contribution is 7.09. The highest BCUT2D eigenvalue weighted by Gasteiger charge is 2.27. The van der Waals surface area contributed by atoms with E-state index in [0.29, 0.717) is 10.7 Å². The number of ether oxygens (including phenoxy) is 1. The summed E-state index contributed by atoms with van der Waals surface area (Å²) in [6, 6.07) is 0. The molecule has 15 heavy (non-hydrogen) atoms. The average Bonchev–Trinajstić information content (AvgIpc) is 2.58. The van der Waals surface area contributed by atoms with Gasteiger partial charge in [0.15, 0.2) is 0 Å². The summed E-state index contributed by atoms with van der Waals surface area (Å²) in [6.07, 6.45) is 0. The Morgan fingerprint density at radius 2 is 2.07 bits per heavy atom. The summed E-state index contributed by atoms with van der Waals surface area (Å²) >= 11 is 1.03. The quantitative estimate of drug-likeness (QED) is 0.652. The molecule has 0 bridgehead atoms. The van der Waals surface area contributed by atoms with Crippen LogP contribution in [0, 0.1) is 0 Å². The smallest absolute Gasteiger partial charge is 0.255 e. The number of imide groups is 1. The fourth-order valence-corrected chi connectivity index (χ4v) is 1.61. The summed E-state index contributed by atoms with van der Waals surface area (Å²) in [4.78, 5) is 23.8. The van der Waals surface area contributed by atoms with E-state index in [-0.39, 0.29) is 31.6 Å². The number of morpholine rings is 1. The van der Waals surface area contributed by atoms with E-state index in [2.05, 4.69) is 9.59 Å². The molecule has 0 atom stereocenters. The molecule has 1 aliphatic heterocycles. The number of nitrogens with two attached hydrogens (primary N) is 1. The van der Waals surface area contributed by atoms with Crippen LogP contribution in [0.15, 0.2) is 0 Å². The van der Waals surface area contributed by atoms with Crippen molar-refractivity contribution in [3.05, 3.63) is 5.69 Å². The molecule has 0 aromatic carbocycles. The molecule has 0 aliphatic carbocycles. The highest BCUT2D eigenvalue weighted by atomic mass is 32.1. The average molecular weight is 228 g/mol. The zero-order valence-corrected chi connectivity index (χ0v) is 8.49. The van der Waals surface area contributed by atoms with Gasteiger partial charge in [-0.1, -0.05) is 4.49 Å². The van der Waals surface area contributed by atoms with Gasteiger partial charge in [-0.05, 0) is 0 Å². The van der Waals surface area contributed by atoms with E-state index >= 15 is 0 Å². The third-order valence-corrected chi connectivity index (χ3v) is 2.54. The molecule has 1 aromatic rings. The monoisotopic (exact) mass is 228 g/mol. The Balaban J connectivity index is 2.13. The van der Waals surface area contributed by atoms with Crippen molar-refractivity contribution >= 4 is 28.3 Å². The van der Waals surface area contributed by atoms with Crippen LogP contribution in [0.4, 0.5) is 5.00 Å². The standard InChI is InChI=1S/C7H8N4O3S/c8-7-4(9-10-15-7)1-11-5(12)2-14-3-6(11)13/h1-3,8H2. The molecule has 8 heteroatoms. The van der Waals surface area contributed by atoms with Gasteiger partial charge in [0.2, 0.25) is 0 Å². The summed E-state index contributed by atoms with van der Waals surface area (Å²) < 4.78 is 8.39. The lowest BCUT2D eigenvalue weighted by molar-refractivity contribution is -0.159. The number of nitrogen functional groups attached to an aromatic ring is 1. The van der Waals surface area contributed by atoms with E-state index in [1.54, 1.807) is 0 Å². The summed E-state index contributed by atoms with van der Waals surface area (Å²) in [5.74, 6) is -0.752. The number of carbonyl (C=O) groups is 2. The van der Waals surface area contributed by atoms with Crippen LogP contribution >= 0.6 is 11.5 Å². The summed E-state index contributed by atoms with van der Waals surface area (Å²) in [7, 11) is 0. The number of aromatic nitrogens is 2. The Labute approximate surface area is 89.0 Å². The largest absolute Gasteiger partial charge is 0.388 e. The summed E-state index contributed by atoms with van der Waals surface area (Å²) in [5, 5.41) is 4.15. The van der Waals surface area contributed by atoms with Gasteiger partial charge in [0, 0.05) is 11.5 Å². The second kappa shape index (κ2) is 3.91. The fourth-order valence-electron chi connectivity index (χ4n) is 1.17. The Morgan fingerprint density at radius 3 is 2.60 bits per heavy atom. The number of anilines is 1. The number of nitrogens with zero attached hydrogens (tertiary/aromatic N) is 3. The van der Waals surface area contributed by atoms with Gasteiger partial charge in [-0.2, -0.15) is 0 Å². The first kappa shape index (κ1) is 9.99. The van der Waals surface area contributed by atoms with Crippen molar-refractivity contribution in [3.63, 3.8) is 0 Å². The van der Waals surface area contributed by atoms with E-state index in [9.17, 15) is 9.59 Å². The first-order valence-corrected chi connectivity index (χ1v) is 4.93. The maximum Gasteiger partial charge on any atom is 0.255 e. The Kier molecular flexibility index (Phi) is 2.60. The van der Waals surface area contributed by atoms with Gasteiger partial charge in [-0.25, -0.2) is 0 Å². The molecule has 2 rings (SSSR count). The van der Waals surface area contributed by atoms with E-state index in [0.717, 1.165) is 16.4 Å². The summed E-state index contributed by atoms with van der Waals surface area (Å²) in [6.45, 7) is -0.0875. The van der Waals surface area contributed by atoms with Crippen LogP contribution < -0.4 is 5.73 Å². The maximum atomic E-state index is 11.3. The Morgan fingerprint density at radius 1 is 1.40 bits per heavy atom. The van der Waals surface area contributed by atoms with Crippen LogP contribution in [0.2, 0.25) is 0 Å². The fraction of sp³-hybridized carbons (Fsp3) is 0.429. The first-order chi connectivity index (χ1) is 7.18. The molecule has 1 saturated heterocycles. The molecule has 0 spiro atoms. The second-order valence-corrected chi connectivity index (χ2v) is 3.74. The van der Waals surface area contributed by atoms with Gasteiger partial charge >= 0.3 is 0 Å². The SMILES string of the molecule is Nc1snnc1CN1C(=O)COCC1=O. The minimum atomic E-state index is -0.376. The lowest BCUT2D eigenvalue weighted by Gasteiger charge is -2.23. The van der Waals surface area contributed by atoms with Crippen molar-refractivity contribution in [2.45, 2.75) is 6.54 Å². The van der Waals surface area contributed by atoms with Crippen molar-refractivity contribution in [3.8, 4) is 0 Å². The van der Waals surface area contributed by atoms with E-state index in [1.165, 1.54) is 0 Å². The van der Waals surface area contributed by atoms with Crippen molar-refractivity contribution in [1.82, 2.24) is 14.5 Å². The second-order valence-electron chi connectivity index (χ2n) is 2.95. The van der Waals surface area contributed by atoms with Crippen molar-refractivity contribution in [1.29, 1.82) is 0 Å². The molecule has 2 N–H and O–H groups in total. The zero-order valence-electron chi connectivity index (χ0n) is 7.67. The molecule has 0 radical (unpaired) electrons. The lowest BCUT2D eigenvalue weighted by atomic mass is 10.3. The first-order valence-electron chi connectivity index (χ1n) is 4.16. The molecule has 80 valence electrons. The molecular weight excluding hydrogens is 220 g/mol. The molecular formula is C7H8N4O3S. The van der Waals surface area contributed by atoms with Gasteiger partial charge in [0.05, 0.1) is 6.54 Å². The van der Waals surface area contributed by atoms with Gasteiger partial charge in [0.1, 0.15) is 23.9 Å². The van der Waals surface area contributed by atoms with Gasteiger partial charge in [-0.15, -0.1) is 5.10 Å². The van der Waals surface area contributed by atoms with E-state index in [4.69, 9.17) is 10.5 Å². The molecule has 0 saturated carbocycles. The van der Waals surface area contributed by atoms with Gasteiger partial charge in [-0.3, -0.25) is 14.5 Å². The molecule has 2 heterocycles. The van der Waals surface area contributed by atoms with Gasteiger partial charge in [0.25, 0.3) is 11.8 Å². The minimum absolute atomic E-state index is 0.0728. The number of carbonyl (C=O) groups excluding carboxylic acids is 2. The van der Waals surface area contributed by atoms with E-state index < -0.39 is 0 Å². The third kappa shape index (κ3) is 1.95. The minimum Gasteiger partial charge on any atom is -0.388 e. The molecule has 1 aromatic heterocycles. The van der Waals surface area contributed by atoms with Crippen molar-refractivity contribution < 1.29 is 14.3 Å². The number of hydrogen-bond acceptors (Lipinski definition) is 7. The van der Waals surface area contributed by atoms with Crippen molar-refractivity contribution in [2.24, 2.45) is 0 Å². The van der Waals surface area contributed by atoms with Crippen LogP contribution in [-0.4, -0.2) is 39.5 Å². The van der Waals surface area contributed by atoms with E-state index in [1.807, 2.05) is 0 Å². The third-order valence-electron chi connectivity index (χ3n) is 1.95. The zero-order chi connectivity index (χ0) is 10.8. The van der Waals surface area contributed by atoms with Gasteiger partial charge < -0.3 is 10.5 Å². The molecule has 7 nitrogen and oxygen atoms in total. The molecule has 2 amide bonds. The number of hydrogen-bond donors (Lipinski definition) is 1. The predicted molar refractivity (Wildman–Crippen MR) is 50.7 cm³/mol. The van der Waals surface area contributed by atoms with Crippen LogP contribution in [0.25, 0.3) is 0 Å². The topological polar surface area (TPSA) is 98.4 Å². The molecule has 1 fully saturated rings. The maximum absolute atomic E-state index is 11.3. The Bertz CT molecular complexity index is 389. The number of rotatable bonds is 2. The van der Waals surface area contributed by atoms with Crippen LogP contribution in [0.3, 0.4) is 0 Å². The summed E-state index contributed by atoms with van der Waals surface area (Å²) in [5.41, 5.74) is 6.01. The predicted octanol–water partition coefficient (Wildman–Crippen LogP) is -0.994. The van der Waals surface area contributed by atoms with Crippen LogP contribution in [-0.2, 0) is 20.9 Å². The molecule has 1 aliphatic rings. The van der Waals surface area contributed by atoms with Crippen molar-refractivity contribution in [2.75, 3.05) is 18.9 Å². The Hall–Kier alpha value is -1.54. The molecule has 0 unspecified atom stereocenters. The highest BCUT2D eigenvalue weighted by Crippen LogP contribution is 2.16.